The molecular weight excluding hydrogens is 574 g/mol. The van der Waals surface area contributed by atoms with Crippen LogP contribution in [0.3, 0.4) is 0 Å². The van der Waals surface area contributed by atoms with Crippen LogP contribution in [0.25, 0.3) is 11.1 Å². The van der Waals surface area contributed by atoms with Crippen molar-refractivity contribution in [2.24, 2.45) is 17.6 Å². The third kappa shape index (κ3) is 11.4. The highest BCUT2D eigenvalue weighted by Crippen LogP contribution is 2.24. The molecule has 2 atom stereocenters. The molecule has 0 heterocycles. The van der Waals surface area contributed by atoms with Crippen LogP contribution in [0.5, 0.6) is 5.75 Å². The molecule has 10 nitrogen and oxygen atoms in total. The standard InChI is InChI=1S/C35H43N3O7/c1-23(2)21-31(34(42)37-29-15-11-27(12-16-29)35(43)44-3)38-33(41)28(22-32(39)40)6-4-5-24-7-9-25(10-8-24)26-13-17-30(18-14-26)45-20-19-36/h7-18,23,28,31H,4-6,19-22,36H2,1-3H3,(H,37,42)(H,38,41)(H,39,40). The van der Waals surface area contributed by atoms with Gasteiger partial charge in [0.2, 0.25) is 11.8 Å². The minimum Gasteiger partial charge on any atom is -0.492 e. The van der Waals surface area contributed by atoms with Crippen LogP contribution in [0.15, 0.2) is 72.8 Å². The second kappa shape index (κ2) is 17.6. The van der Waals surface area contributed by atoms with Crippen LogP contribution < -0.4 is 21.1 Å². The zero-order valence-corrected chi connectivity index (χ0v) is 26.1. The summed E-state index contributed by atoms with van der Waals surface area (Å²) >= 11 is 0. The fourth-order valence-corrected chi connectivity index (χ4v) is 4.90. The molecule has 0 radical (unpaired) electrons. The first kappa shape index (κ1) is 34.8. The number of aliphatic carboxylic acids is 1. The SMILES string of the molecule is COC(=O)c1ccc(NC(=O)C(CC(C)C)NC(=O)C(CCCc2ccc(-c3ccc(OCCN)cc3)cc2)CC(=O)O)cc1. The lowest BCUT2D eigenvalue weighted by molar-refractivity contribution is -0.141. The minimum atomic E-state index is -1.07. The van der Waals surface area contributed by atoms with Gasteiger partial charge in [-0.3, -0.25) is 14.4 Å². The molecule has 0 aliphatic rings. The van der Waals surface area contributed by atoms with Crippen LogP contribution in [0.4, 0.5) is 5.69 Å². The Kier molecular flexibility index (Phi) is 13.6. The van der Waals surface area contributed by atoms with Crippen LogP contribution in [0, 0.1) is 11.8 Å². The molecule has 240 valence electrons. The largest absolute Gasteiger partial charge is 0.492 e. The summed E-state index contributed by atoms with van der Waals surface area (Å²) in [5.74, 6) is -2.38. The van der Waals surface area contributed by atoms with Gasteiger partial charge in [-0.05, 0) is 84.7 Å². The number of nitrogens with one attached hydrogen (secondary N) is 2. The Hall–Kier alpha value is -4.70. The number of rotatable bonds is 17. The molecule has 0 aliphatic heterocycles. The van der Waals surface area contributed by atoms with Gasteiger partial charge in [0, 0.05) is 18.2 Å². The number of benzene rings is 3. The molecule has 45 heavy (non-hydrogen) atoms. The fraction of sp³-hybridized carbons (Fsp3) is 0.371. The first-order valence-corrected chi connectivity index (χ1v) is 15.1. The van der Waals surface area contributed by atoms with Crippen molar-refractivity contribution in [3.63, 3.8) is 0 Å². The van der Waals surface area contributed by atoms with Crippen LogP contribution in [0.2, 0.25) is 0 Å². The number of esters is 1. The third-order valence-corrected chi connectivity index (χ3v) is 7.25. The van der Waals surface area contributed by atoms with Gasteiger partial charge in [0.05, 0.1) is 19.1 Å². The van der Waals surface area contributed by atoms with Crippen LogP contribution in [-0.4, -0.2) is 55.2 Å². The highest BCUT2D eigenvalue weighted by molar-refractivity contribution is 5.98. The van der Waals surface area contributed by atoms with Crippen LogP contribution in [0.1, 0.15) is 55.5 Å². The van der Waals surface area contributed by atoms with Gasteiger partial charge < -0.3 is 30.9 Å². The molecule has 0 aromatic heterocycles. The summed E-state index contributed by atoms with van der Waals surface area (Å²) in [5.41, 5.74) is 9.47. The molecule has 3 aromatic carbocycles. The number of carboxylic acid groups (broad SMARTS) is 1. The summed E-state index contributed by atoms with van der Waals surface area (Å²) in [5, 5.41) is 15.1. The molecular formula is C35H43N3O7. The fourth-order valence-electron chi connectivity index (χ4n) is 4.90. The monoisotopic (exact) mass is 617 g/mol. The average Bonchev–Trinajstić information content (AvgIpc) is 3.03. The smallest absolute Gasteiger partial charge is 0.337 e. The number of ether oxygens (including phenoxy) is 2. The molecule has 3 aromatic rings. The number of methoxy groups -OCH3 is 1. The molecule has 0 saturated carbocycles. The predicted molar refractivity (Wildman–Crippen MR) is 173 cm³/mol. The Morgan fingerprint density at radius 3 is 2.04 bits per heavy atom. The zero-order valence-electron chi connectivity index (χ0n) is 26.1. The molecule has 0 fully saturated rings. The summed E-state index contributed by atoms with van der Waals surface area (Å²) in [7, 11) is 1.29. The van der Waals surface area contributed by atoms with E-state index in [1.54, 1.807) is 12.1 Å². The zero-order chi connectivity index (χ0) is 32.8. The molecule has 3 rings (SSSR count). The molecule has 2 unspecified atom stereocenters. The molecule has 0 saturated heterocycles. The second-order valence-electron chi connectivity index (χ2n) is 11.3. The predicted octanol–water partition coefficient (Wildman–Crippen LogP) is 5.06. The van der Waals surface area contributed by atoms with Gasteiger partial charge in [0.15, 0.2) is 0 Å². The maximum absolute atomic E-state index is 13.3. The van der Waals surface area contributed by atoms with Crippen molar-refractivity contribution in [1.82, 2.24) is 5.32 Å². The number of carbonyl (C=O) groups excluding carboxylic acids is 3. The van der Waals surface area contributed by atoms with Gasteiger partial charge in [-0.25, -0.2) is 4.79 Å². The minimum absolute atomic E-state index is 0.0890. The van der Waals surface area contributed by atoms with E-state index in [2.05, 4.69) is 10.6 Å². The maximum Gasteiger partial charge on any atom is 0.337 e. The van der Waals surface area contributed by atoms with Crippen molar-refractivity contribution in [3.05, 3.63) is 83.9 Å². The number of amides is 2. The summed E-state index contributed by atoms with van der Waals surface area (Å²) in [6.45, 7) is 4.79. The first-order chi connectivity index (χ1) is 21.6. The number of hydrogen-bond acceptors (Lipinski definition) is 7. The van der Waals surface area contributed by atoms with Crippen molar-refractivity contribution in [1.29, 1.82) is 0 Å². The van der Waals surface area contributed by atoms with E-state index in [9.17, 15) is 24.3 Å². The number of anilines is 1. The molecule has 5 N–H and O–H groups in total. The highest BCUT2D eigenvalue weighted by Gasteiger charge is 2.28. The molecule has 0 spiro atoms. The van der Waals surface area contributed by atoms with E-state index in [4.69, 9.17) is 15.2 Å². The molecule has 2 amide bonds. The van der Waals surface area contributed by atoms with E-state index in [1.807, 2.05) is 62.4 Å². The van der Waals surface area contributed by atoms with E-state index in [0.717, 1.165) is 22.4 Å². The van der Waals surface area contributed by atoms with Crippen LogP contribution in [-0.2, 0) is 25.5 Å². The lowest BCUT2D eigenvalue weighted by Gasteiger charge is -2.23. The van der Waals surface area contributed by atoms with Crippen LogP contribution >= 0.6 is 0 Å². The lowest BCUT2D eigenvalue weighted by Crippen LogP contribution is -2.47. The Bertz CT molecular complexity index is 1400. The van der Waals surface area contributed by atoms with Crippen molar-refractivity contribution < 1.29 is 33.8 Å². The van der Waals surface area contributed by atoms with E-state index in [-0.39, 0.29) is 12.3 Å². The normalized spacial score (nSPS) is 12.2. The Balaban J connectivity index is 1.59. The van der Waals surface area contributed by atoms with Gasteiger partial charge in [-0.15, -0.1) is 0 Å². The quantitative estimate of drug-likeness (QED) is 0.153. The van der Waals surface area contributed by atoms with Gasteiger partial charge in [-0.2, -0.15) is 0 Å². The van der Waals surface area contributed by atoms with Crippen molar-refractivity contribution >= 4 is 29.4 Å². The topological polar surface area (TPSA) is 157 Å². The summed E-state index contributed by atoms with van der Waals surface area (Å²) in [6, 6.07) is 21.3. The lowest BCUT2D eigenvalue weighted by atomic mass is 9.94. The van der Waals surface area contributed by atoms with Gasteiger partial charge in [0.25, 0.3) is 0 Å². The Labute approximate surface area is 264 Å². The number of aryl methyl sites for hydroxylation is 1. The van der Waals surface area contributed by atoms with Gasteiger partial charge >= 0.3 is 11.9 Å². The van der Waals surface area contributed by atoms with Gasteiger partial charge in [0.1, 0.15) is 18.4 Å². The molecule has 0 bridgehead atoms. The number of carboxylic acids is 1. The Morgan fingerprint density at radius 2 is 1.49 bits per heavy atom. The van der Waals surface area contributed by atoms with E-state index < -0.39 is 35.7 Å². The van der Waals surface area contributed by atoms with Crippen molar-refractivity contribution in [2.75, 3.05) is 25.6 Å². The van der Waals surface area contributed by atoms with Crippen molar-refractivity contribution in [2.45, 2.75) is 52.0 Å². The van der Waals surface area contributed by atoms with E-state index in [1.165, 1.54) is 19.2 Å². The molecule has 10 heteroatoms. The Morgan fingerprint density at radius 1 is 0.867 bits per heavy atom. The maximum atomic E-state index is 13.3. The number of carbonyl (C=O) groups is 4. The average molecular weight is 618 g/mol. The second-order valence-corrected chi connectivity index (χ2v) is 11.3. The number of hydrogen-bond donors (Lipinski definition) is 4. The highest BCUT2D eigenvalue weighted by atomic mass is 16.5. The van der Waals surface area contributed by atoms with Crippen molar-refractivity contribution in [3.8, 4) is 16.9 Å². The summed E-state index contributed by atoms with van der Waals surface area (Å²) in [4.78, 5) is 49.7. The van der Waals surface area contributed by atoms with Gasteiger partial charge in [-0.1, -0.05) is 50.2 Å². The molecule has 0 aliphatic carbocycles. The van der Waals surface area contributed by atoms with E-state index in [0.29, 0.717) is 50.1 Å². The first-order valence-electron chi connectivity index (χ1n) is 15.1. The van der Waals surface area contributed by atoms with E-state index >= 15 is 0 Å². The summed E-state index contributed by atoms with van der Waals surface area (Å²) < 4.78 is 10.2. The third-order valence-electron chi connectivity index (χ3n) is 7.25. The number of nitrogens with two attached hydrogens (primary N) is 1. The summed E-state index contributed by atoms with van der Waals surface area (Å²) in [6.07, 6.45) is 1.67.